The molecule has 2 fully saturated rings. The average Bonchev–Trinajstić information content (AvgIpc) is 2.34. The highest BCUT2D eigenvalue weighted by Gasteiger charge is 2.41. The van der Waals surface area contributed by atoms with Gasteiger partial charge < -0.3 is 10.1 Å². The van der Waals surface area contributed by atoms with Gasteiger partial charge in [-0.3, -0.25) is 0 Å². The van der Waals surface area contributed by atoms with Crippen molar-refractivity contribution in [3.05, 3.63) is 0 Å². The normalized spacial score (nSPS) is 33.2. The molecule has 2 nitrogen and oxygen atoms in total. The second kappa shape index (κ2) is 3.90. The van der Waals surface area contributed by atoms with Crippen LogP contribution in [0.3, 0.4) is 0 Å². The van der Waals surface area contributed by atoms with E-state index in [1.165, 1.54) is 0 Å². The van der Waals surface area contributed by atoms with Crippen LogP contribution in [-0.2, 0) is 4.74 Å². The first-order chi connectivity index (χ1) is 5.31. The van der Waals surface area contributed by atoms with Gasteiger partial charge in [0.05, 0.1) is 12.2 Å². The molecule has 72 valence electrons. The third kappa shape index (κ3) is 1.90. The minimum absolute atomic E-state index is 0. The molecule has 0 bridgehead atoms. The smallest absolute Gasteiger partial charge is 0.126 e. The van der Waals surface area contributed by atoms with Gasteiger partial charge in [-0.1, -0.05) is 0 Å². The maximum Gasteiger partial charge on any atom is 0.126 e. The van der Waals surface area contributed by atoms with Gasteiger partial charge in [-0.05, 0) is 25.9 Å². The van der Waals surface area contributed by atoms with Crippen molar-refractivity contribution in [3.8, 4) is 0 Å². The van der Waals surface area contributed by atoms with E-state index in [1.54, 1.807) is 0 Å². The van der Waals surface area contributed by atoms with Crippen LogP contribution in [0.1, 0.15) is 19.3 Å². The molecule has 0 unspecified atom stereocenters. The molecule has 0 aromatic rings. The van der Waals surface area contributed by atoms with Crippen LogP contribution in [0.25, 0.3) is 0 Å². The largest absolute Gasteiger partial charge is 0.372 e. The predicted molar refractivity (Wildman–Crippen MR) is 47.5 cm³/mol. The summed E-state index contributed by atoms with van der Waals surface area (Å²) in [6.07, 6.45) is 1.86. The maximum atomic E-state index is 12.8. The number of hydrogen-bond acceptors (Lipinski definition) is 2. The summed E-state index contributed by atoms with van der Waals surface area (Å²) in [5, 5.41) is 3.25. The Morgan fingerprint density at radius 2 is 2.00 bits per heavy atom. The molecule has 2 aliphatic rings. The summed E-state index contributed by atoms with van der Waals surface area (Å²) in [6, 6.07) is 0. The number of alkyl halides is 1. The minimum atomic E-state index is -0.715. The Kier molecular flexibility index (Phi) is 3.32. The number of piperidine rings is 1. The van der Waals surface area contributed by atoms with Gasteiger partial charge in [-0.2, -0.15) is 0 Å². The van der Waals surface area contributed by atoms with Gasteiger partial charge in [-0.15, -0.1) is 12.4 Å². The van der Waals surface area contributed by atoms with Crippen LogP contribution in [0.15, 0.2) is 0 Å². The molecule has 2 saturated heterocycles. The van der Waals surface area contributed by atoms with Crippen molar-refractivity contribution in [2.75, 3.05) is 19.7 Å². The van der Waals surface area contributed by atoms with E-state index in [9.17, 15) is 4.39 Å². The van der Waals surface area contributed by atoms with E-state index in [-0.39, 0.29) is 18.0 Å². The van der Waals surface area contributed by atoms with Gasteiger partial charge in [0.1, 0.15) is 6.17 Å². The lowest BCUT2D eigenvalue weighted by Crippen LogP contribution is -2.41. The molecule has 12 heavy (non-hydrogen) atoms. The fourth-order valence-electron chi connectivity index (χ4n) is 2.02. The third-order valence-corrected chi connectivity index (χ3v) is 2.68. The molecular weight excluding hydrogens is 181 g/mol. The first-order valence-corrected chi connectivity index (χ1v) is 4.30. The molecule has 2 aliphatic heterocycles. The second-order valence-electron chi connectivity index (χ2n) is 3.55. The van der Waals surface area contributed by atoms with Gasteiger partial charge in [0.25, 0.3) is 0 Å². The Balaban J connectivity index is 0.000000720. The standard InChI is InChI=1S/C8H14FNO.ClH/c9-7-5-8(11-6-7)1-3-10-4-2-8;/h7,10H,1-6H2;1H/t7-;/m0./s1. The van der Waals surface area contributed by atoms with Gasteiger partial charge in [0.15, 0.2) is 0 Å². The van der Waals surface area contributed by atoms with Gasteiger partial charge in [0, 0.05) is 6.42 Å². The fourth-order valence-corrected chi connectivity index (χ4v) is 2.02. The molecule has 0 saturated carbocycles. The molecule has 4 heteroatoms. The van der Waals surface area contributed by atoms with Crippen molar-refractivity contribution >= 4 is 12.4 Å². The van der Waals surface area contributed by atoms with Crippen LogP contribution in [0, 0.1) is 0 Å². The topological polar surface area (TPSA) is 21.3 Å². The van der Waals surface area contributed by atoms with Crippen molar-refractivity contribution in [1.82, 2.24) is 5.32 Å². The van der Waals surface area contributed by atoms with Crippen molar-refractivity contribution < 1.29 is 9.13 Å². The monoisotopic (exact) mass is 195 g/mol. The van der Waals surface area contributed by atoms with Crippen LogP contribution in [-0.4, -0.2) is 31.5 Å². The van der Waals surface area contributed by atoms with E-state index in [2.05, 4.69) is 5.32 Å². The number of rotatable bonds is 0. The summed E-state index contributed by atoms with van der Waals surface area (Å²) in [7, 11) is 0. The zero-order valence-corrected chi connectivity index (χ0v) is 7.83. The van der Waals surface area contributed by atoms with Crippen LogP contribution >= 0.6 is 12.4 Å². The summed E-state index contributed by atoms with van der Waals surface area (Å²) in [5.41, 5.74) is -0.0926. The van der Waals surface area contributed by atoms with Crippen LogP contribution in [0.5, 0.6) is 0 Å². The van der Waals surface area contributed by atoms with Crippen molar-refractivity contribution in [2.45, 2.75) is 31.0 Å². The molecule has 1 atom stereocenters. The third-order valence-electron chi connectivity index (χ3n) is 2.68. The zero-order valence-electron chi connectivity index (χ0n) is 7.01. The van der Waals surface area contributed by atoms with Gasteiger partial charge in [0.2, 0.25) is 0 Å². The summed E-state index contributed by atoms with van der Waals surface area (Å²) < 4.78 is 18.3. The summed E-state index contributed by atoms with van der Waals surface area (Å²) in [5.74, 6) is 0. The zero-order chi connectivity index (χ0) is 7.73. The lowest BCUT2D eigenvalue weighted by atomic mass is 9.89. The van der Waals surface area contributed by atoms with Gasteiger partial charge >= 0.3 is 0 Å². The Labute approximate surface area is 78.3 Å². The first-order valence-electron chi connectivity index (χ1n) is 4.30. The SMILES string of the molecule is Cl.F[C@@H]1COC2(CCNCC2)C1. The quantitative estimate of drug-likeness (QED) is 0.629. The fraction of sp³-hybridized carbons (Fsp3) is 1.00. The number of ether oxygens (including phenoxy) is 1. The van der Waals surface area contributed by atoms with Crippen molar-refractivity contribution in [1.29, 1.82) is 0 Å². The lowest BCUT2D eigenvalue weighted by molar-refractivity contribution is -0.0199. The van der Waals surface area contributed by atoms with Crippen LogP contribution in [0.2, 0.25) is 0 Å². The Morgan fingerprint density at radius 3 is 2.50 bits per heavy atom. The number of halogens is 2. The Morgan fingerprint density at radius 1 is 1.33 bits per heavy atom. The molecule has 1 spiro atoms. The van der Waals surface area contributed by atoms with E-state index in [4.69, 9.17) is 4.74 Å². The van der Waals surface area contributed by atoms with E-state index in [1.807, 2.05) is 0 Å². The van der Waals surface area contributed by atoms with E-state index in [0.29, 0.717) is 13.0 Å². The Bertz CT molecular complexity index is 144. The van der Waals surface area contributed by atoms with Gasteiger partial charge in [-0.25, -0.2) is 4.39 Å². The molecule has 0 aromatic carbocycles. The Hall–Kier alpha value is 0.140. The van der Waals surface area contributed by atoms with Crippen LogP contribution < -0.4 is 5.32 Å². The molecule has 0 aliphatic carbocycles. The second-order valence-corrected chi connectivity index (χ2v) is 3.55. The highest BCUT2D eigenvalue weighted by Crippen LogP contribution is 2.34. The highest BCUT2D eigenvalue weighted by atomic mass is 35.5. The molecule has 0 amide bonds. The summed E-state index contributed by atoms with van der Waals surface area (Å²) >= 11 is 0. The highest BCUT2D eigenvalue weighted by molar-refractivity contribution is 5.85. The van der Waals surface area contributed by atoms with E-state index in [0.717, 1.165) is 25.9 Å². The summed E-state index contributed by atoms with van der Waals surface area (Å²) in [4.78, 5) is 0. The van der Waals surface area contributed by atoms with E-state index >= 15 is 0 Å². The molecular formula is C8H15ClFNO. The first kappa shape index (κ1) is 10.2. The minimum Gasteiger partial charge on any atom is -0.372 e. The molecule has 2 rings (SSSR count). The summed E-state index contributed by atoms with van der Waals surface area (Å²) in [6.45, 7) is 2.28. The number of hydrogen-bond donors (Lipinski definition) is 1. The predicted octanol–water partition coefficient (Wildman–Crippen LogP) is 1.29. The van der Waals surface area contributed by atoms with Crippen LogP contribution in [0.4, 0.5) is 4.39 Å². The maximum absolute atomic E-state index is 12.8. The van der Waals surface area contributed by atoms with Crippen molar-refractivity contribution in [3.63, 3.8) is 0 Å². The molecule has 1 N–H and O–H groups in total. The molecule has 0 aromatic heterocycles. The van der Waals surface area contributed by atoms with E-state index < -0.39 is 6.17 Å². The number of nitrogens with one attached hydrogen (secondary N) is 1. The average molecular weight is 196 g/mol. The lowest BCUT2D eigenvalue weighted by Gasteiger charge is -2.32. The molecule has 0 radical (unpaired) electrons. The van der Waals surface area contributed by atoms with Crippen molar-refractivity contribution in [2.24, 2.45) is 0 Å². The molecule has 2 heterocycles.